The van der Waals surface area contributed by atoms with Crippen LogP contribution in [0.2, 0.25) is 0 Å². The molecule has 1 atom stereocenters. The Hall–Kier alpha value is -0.860. The molecule has 0 spiro atoms. The van der Waals surface area contributed by atoms with E-state index in [4.69, 9.17) is 5.11 Å². The predicted molar refractivity (Wildman–Crippen MR) is 66.6 cm³/mol. The lowest BCUT2D eigenvalue weighted by atomic mass is 9.74. The summed E-state index contributed by atoms with van der Waals surface area (Å²) in [4.78, 5) is 0. The van der Waals surface area contributed by atoms with Gasteiger partial charge in [-0.25, -0.2) is 0 Å². The zero-order valence-corrected chi connectivity index (χ0v) is 10.1. The quantitative estimate of drug-likeness (QED) is 0.813. The van der Waals surface area contributed by atoms with Crippen LogP contribution in [0, 0.1) is 6.92 Å². The number of hydrogen-bond acceptors (Lipinski definition) is 2. The Balaban J connectivity index is 1.87. The van der Waals surface area contributed by atoms with Crippen molar-refractivity contribution >= 4 is 0 Å². The van der Waals surface area contributed by atoms with Crippen LogP contribution < -0.4 is 5.32 Å². The second-order valence-corrected chi connectivity index (χ2v) is 4.97. The molecule has 0 aromatic heterocycles. The van der Waals surface area contributed by atoms with Crippen LogP contribution in [-0.4, -0.2) is 23.8 Å². The fourth-order valence-corrected chi connectivity index (χ4v) is 2.51. The molecule has 1 aromatic rings. The van der Waals surface area contributed by atoms with Gasteiger partial charge in [-0.15, -0.1) is 0 Å². The summed E-state index contributed by atoms with van der Waals surface area (Å²) in [5.74, 6) is 0.713. The summed E-state index contributed by atoms with van der Waals surface area (Å²) in [7, 11) is 0. The maximum absolute atomic E-state index is 8.97. The molecule has 0 saturated heterocycles. The van der Waals surface area contributed by atoms with Crippen LogP contribution in [0.5, 0.6) is 0 Å². The van der Waals surface area contributed by atoms with E-state index in [0.717, 1.165) is 0 Å². The van der Waals surface area contributed by atoms with Gasteiger partial charge in [-0.2, -0.15) is 0 Å². The van der Waals surface area contributed by atoms with Crippen LogP contribution in [0.1, 0.15) is 36.8 Å². The van der Waals surface area contributed by atoms with Crippen molar-refractivity contribution in [2.24, 2.45) is 0 Å². The van der Waals surface area contributed by atoms with E-state index in [0.29, 0.717) is 12.0 Å². The number of rotatable bonds is 4. The monoisotopic (exact) mass is 219 g/mol. The van der Waals surface area contributed by atoms with Crippen LogP contribution in [0.4, 0.5) is 0 Å². The fourth-order valence-electron chi connectivity index (χ4n) is 2.51. The minimum atomic E-state index is 0.225. The van der Waals surface area contributed by atoms with Gasteiger partial charge in [0.25, 0.3) is 0 Å². The number of aryl methyl sites for hydroxylation is 1. The van der Waals surface area contributed by atoms with Gasteiger partial charge in [0, 0.05) is 12.1 Å². The van der Waals surface area contributed by atoms with Gasteiger partial charge in [-0.05, 0) is 43.7 Å². The molecule has 1 aromatic carbocycles. The molecule has 0 bridgehead atoms. The SMILES string of the molecule is Cc1ccccc1C1CC(N[C@H](C)CO)C1. The predicted octanol–water partition coefficient (Wildman–Crippen LogP) is 2.21. The van der Waals surface area contributed by atoms with Gasteiger partial charge in [0.15, 0.2) is 0 Å². The topological polar surface area (TPSA) is 32.3 Å². The average Bonchev–Trinajstić information content (AvgIpc) is 2.24. The molecule has 0 radical (unpaired) electrons. The van der Waals surface area contributed by atoms with Crippen LogP contribution in [-0.2, 0) is 0 Å². The Morgan fingerprint density at radius 3 is 2.69 bits per heavy atom. The third kappa shape index (κ3) is 2.45. The van der Waals surface area contributed by atoms with Crippen molar-refractivity contribution in [1.82, 2.24) is 5.32 Å². The number of aliphatic hydroxyl groups is 1. The average molecular weight is 219 g/mol. The normalized spacial score (nSPS) is 26.2. The number of aliphatic hydroxyl groups excluding tert-OH is 1. The Kier molecular flexibility index (Phi) is 3.62. The van der Waals surface area contributed by atoms with Crippen molar-refractivity contribution in [3.8, 4) is 0 Å². The molecule has 2 rings (SSSR count). The van der Waals surface area contributed by atoms with Crippen molar-refractivity contribution in [1.29, 1.82) is 0 Å². The highest BCUT2D eigenvalue weighted by molar-refractivity contribution is 5.31. The molecule has 16 heavy (non-hydrogen) atoms. The van der Waals surface area contributed by atoms with E-state index in [1.807, 2.05) is 6.92 Å². The number of benzene rings is 1. The standard InChI is InChI=1S/C14H21NO/c1-10-5-3-4-6-14(10)12-7-13(8-12)15-11(2)9-16/h3-6,11-13,15-16H,7-9H2,1-2H3/t11-,12?,13?/m1/s1. The van der Waals surface area contributed by atoms with Gasteiger partial charge in [0.05, 0.1) is 6.61 Å². The molecular formula is C14H21NO. The summed E-state index contributed by atoms with van der Waals surface area (Å²) in [5.41, 5.74) is 2.90. The summed E-state index contributed by atoms with van der Waals surface area (Å²) in [6.45, 7) is 4.44. The Labute approximate surface area is 97.7 Å². The van der Waals surface area contributed by atoms with Crippen molar-refractivity contribution in [2.75, 3.05) is 6.61 Å². The first-order chi connectivity index (χ1) is 7.70. The Morgan fingerprint density at radius 1 is 1.38 bits per heavy atom. The molecule has 2 nitrogen and oxygen atoms in total. The molecule has 0 aliphatic heterocycles. The van der Waals surface area contributed by atoms with Crippen LogP contribution in [0.15, 0.2) is 24.3 Å². The van der Waals surface area contributed by atoms with E-state index in [1.165, 1.54) is 24.0 Å². The van der Waals surface area contributed by atoms with Crippen LogP contribution in [0.3, 0.4) is 0 Å². The zero-order chi connectivity index (χ0) is 11.5. The lowest BCUT2D eigenvalue weighted by molar-refractivity contribution is 0.204. The van der Waals surface area contributed by atoms with Crippen LogP contribution >= 0.6 is 0 Å². The summed E-state index contributed by atoms with van der Waals surface area (Å²) in [5, 5.41) is 12.4. The van der Waals surface area contributed by atoms with E-state index in [2.05, 4.69) is 36.5 Å². The van der Waals surface area contributed by atoms with Crippen molar-refractivity contribution < 1.29 is 5.11 Å². The highest BCUT2D eigenvalue weighted by Gasteiger charge is 2.31. The molecule has 0 unspecified atom stereocenters. The van der Waals surface area contributed by atoms with Gasteiger partial charge in [-0.1, -0.05) is 24.3 Å². The van der Waals surface area contributed by atoms with E-state index in [9.17, 15) is 0 Å². The van der Waals surface area contributed by atoms with E-state index in [1.54, 1.807) is 0 Å². The summed E-state index contributed by atoms with van der Waals surface area (Å²) < 4.78 is 0. The minimum Gasteiger partial charge on any atom is -0.395 e. The number of hydrogen-bond donors (Lipinski definition) is 2. The molecule has 0 amide bonds. The van der Waals surface area contributed by atoms with E-state index in [-0.39, 0.29) is 12.6 Å². The molecule has 1 saturated carbocycles. The minimum absolute atomic E-state index is 0.225. The van der Waals surface area contributed by atoms with E-state index >= 15 is 0 Å². The van der Waals surface area contributed by atoms with E-state index < -0.39 is 0 Å². The zero-order valence-electron chi connectivity index (χ0n) is 10.1. The molecule has 1 fully saturated rings. The first-order valence-electron chi connectivity index (χ1n) is 6.13. The molecule has 1 aliphatic rings. The fraction of sp³-hybridized carbons (Fsp3) is 0.571. The number of nitrogens with one attached hydrogen (secondary N) is 1. The lowest BCUT2D eigenvalue weighted by Crippen LogP contribution is -2.45. The third-order valence-electron chi connectivity index (χ3n) is 3.56. The van der Waals surface area contributed by atoms with Crippen molar-refractivity contribution in [3.05, 3.63) is 35.4 Å². The first-order valence-corrected chi connectivity index (χ1v) is 6.13. The molecule has 2 N–H and O–H groups in total. The molecule has 88 valence electrons. The largest absolute Gasteiger partial charge is 0.395 e. The third-order valence-corrected chi connectivity index (χ3v) is 3.56. The Morgan fingerprint density at radius 2 is 2.06 bits per heavy atom. The van der Waals surface area contributed by atoms with Gasteiger partial charge < -0.3 is 10.4 Å². The van der Waals surface area contributed by atoms with Crippen molar-refractivity contribution in [3.63, 3.8) is 0 Å². The molecular weight excluding hydrogens is 198 g/mol. The summed E-state index contributed by atoms with van der Waals surface area (Å²) in [6.07, 6.45) is 2.41. The highest BCUT2D eigenvalue weighted by atomic mass is 16.3. The second-order valence-electron chi connectivity index (χ2n) is 4.97. The van der Waals surface area contributed by atoms with Gasteiger partial charge >= 0.3 is 0 Å². The lowest BCUT2D eigenvalue weighted by Gasteiger charge is -2.38. The summed E-state index contributed by atoms with van der Waals surface area (Å²) in [6, 6.07) is 9.47. The molecule has 0 heterocycles. The highest BCUT2D eigenvalue weighted by Crippen LogP contribution is 2.38. The van der Waals surface area contributed by atoms with Gasteiger partial charge in [0.1, 0.15) is 0 Å². The molecule has 1 aliphatic carbocycles. The van der Waals surface area contributed by atoms with Crippen LogP contribution in [0.25, 0.3) is 0 Å². The smallest absolute Gasteiger partial charge is 0.0582 e. The summed E-state index contributed by atoms with van der Waals surface area (Å²) >= 11 is 0. The maximum atomic E-state index is 8.97. The first kappa shape index (κ1) is 11.6. The van der Waals surface area contributed by atoms with Gasteiger partial charge in [-0.3, -0.25) is 0 Å². The second kappa shape index (κ2) is 4.98. The Bertz CT molecular complexity index is 344. The molecule has 2 heteroatoms. The van der Waals surface area contributed by atoms with Gasteiger partial charge in [0.2, 0.25) is 0 Å². The van der Waals surface area contributed by atoms with Crippen molar-refractivity contribution in [2.45, 2.75) is 44.7 Å². The maximum Gasteiger partial charge on any atom is 0.0582 e.